The summed E-state index contributed by atoms with van der Waals surface area (Å²) in [4.78, 5) is 20.3. The summed E-state index contributed by atoms with van der Waals surface area (Å²) >= 11 is 0. The molecule has 1 amide bonds. The second kappa shape index (κ2) is 6.85. The molecule has 0 aliphatic heterocycles. The molecule has 0 radical (unpaired) electrons. The number of hydrogen-bond donors (Lipinski definition) is 2. The zero-order valence-corrected chi connectivity index (χ0v) is 12.1. The lowest BCUT2D eigenvalue weighted by Gasteiger charge is -2.12. The van der Waals surface area contributed by atoms with Crippen molar-refractivity contribution < 1.29 is 9.53 Å². The first kappa shape index (κ1) is 15.0. The first-order valence-corrected chi connectivity index (χ1v) is 6.75. The van der Waals surface area contributed by atoms with Crippen molar-refractivity contribution in [3.63, 3.8) is 0 Å². The van der Waals surface area contributed by atoms with Gasteiger partial charge in [-0.1, -0.05) is 0 Å². The maximum absolute atomic E-state index is 12.2. The van der Waals surface area contributed by atoms with Gasteiger partial charge in [0.15, 0.2) is 0 Å². The van der Waals surface area contributed by atoms with E-state index in [1.165, 1.54) is 0 Å². The highest BCUT2D eigenvalue weighted by atomic mass is 16.5. The minimum Gasteiger partial charge on any atom is -0.473 e. The second-order valence-electron chi connectivity index (χ2n) is 4.76. The van der Waals surface area contributed by atoms with E-state index >= 15 is 0 Å². The van der Waals surface area contributed by atoms with E-state index in [1.807, 2.05) is 13.8 Å². The Balaban J connectivity index is 2.11. The molecule has 0 fully saturated rings. The predicted octanol–water partition coefficient (Wildman–Crippen LogP) is 1.28. The molecule has 0 spiro atoms. The van der Waals surface area contributed by atoms with Gasteiger partial charge in [-0.25, -0.2) is 9.97 Å². The molecule has 2 heterocycles. The number of ether oxygens (including phenoxy) is 1. The lowest BCUT2D eigenvalue weighted by molar-refractivity contribution is 0.102. The molecule has 2 rings (SSSR count). The Morgan fingerprint density at radius 2 is 2.29 bits per heavy atom. The van der Waals surface area contributed by atoms with E-state index in [2.05, 4.69) is 15.3 Å². The molecule has 0 atom stereocenters. The van der Waals surface area contributed by atoms with Crippen molar-refractivity contribution in [2.75, 3.05) is 11.9 Å². The molecule has 0 saturated carbocycles. The van der Waals surface area contributed by atoms with Crippen LogP contribution in [0.15, 0.2) is 30.9 Å². The van der Waals surface area contributed by atoms with Crippen LogP contribution in [0.1, 0.15) is 24.3 Å². The first-order valence-electron chi connectivity index (χ1n) is 6.75. The van der Waals surface area contributed by atoms with E-state index in [-0.39, 0.29) is 12.0 Å². The van der Waals surface area contributed by atoms with E-state index in [4.69, 9.17) is 10.5 Å². The third-order valence-electron chi connectivity index (χ3n) is 2.62. The van der Waals surface area contributed by atoms with Gasteiger partial charge in [0, 0.05) is 25.5 Å². The number of nitrogens with two attached hydrogens (primary N) is 1. The van der Waals surface area contributed by atoms with Crippen LogP contribution in [0.5, 0.6) is 5.88 Å². The zero-order chi connectivity index (χ0) is 15.2. The van der Waals surface area contributed by atoms with E-state index in [0.717, 1.165) is 0 Å². The van der Waals surface area contributed by atoms with Crippen molar-refractivity contribution in [1.29, 1.82) is 0 Å². The van der Waals surface area contributed by atoms with E-state index in [1.54, 1.807) is 35.4 Å². The van der Waals surface area contributed by atoms with Crippen molar-refractivity contribution in [2.24, 2.45) is 5.73 Å². The molecule has 0 unspecified atom stereocenters. The average molecular weight is 289 g/mol. The van der Waals surface area contributed by atoms with E-state index in [0.29, 0.717) is 30.4 Å². The highest BCUT2D eigenvalue weighted by Gasteiger charge is 2.13. The molecular formula is C14H19N5O2. The van der Waals surface area contributed by atoms with Crippen LogP contribution in [0.4, 0.5) is 5.69 Å². The summed E-state index contributed by atoms with van der Waals surface area (Å²) in [5, 5.41) is 2.75. The van der Waals surface area contributed by atoms with Crippen molar-refractivity contribution in [3.8, 4) is 5.88 Å². The molecule has 2 aromatic rings. The van der Waals surface area contributed by atoms with Crippen molar-refractivity contribution in [1.82, 2.24) is 14.5 Å². The number of hydrogen-bond acceptors (Lipinski definition) is 5. The van der Waals surface area contributed by atoms with Crippen LogP contribution in [0.2, 0.25) is 0 Å². The molecule has 0 aromatic carbocycles. The van der Waals surface area contributed by atoms with Crippen LogP contribution in [0, 0.1) is 0 Å². The summed E-state index contributed by atoms with van der Waals surface area (Å²) in [5.74, 6) is 0.0784. The topological polar surface area (TPSA) is 95.1 Å². The summed E-state index contributed by atoms with van der Waals surface area (Å²) in [6.07, 6.45) is 4.82. The monoisotopic (exact) mass is 289 g/mol. The van der Waals surface area contributed by atoms with Gasteiger partial charge in [0.2, 0.25) is 5.88 Å². The van der Waals surface area contributed by atoms with Gasteiger partial charge in [-0.15, -0.1) is 0 Å². The standard InChI is InChI=1S/C14H19N5O2/c1-10(2)21-14-11(4-3-6-16-14)18-13(20)12-8-19(7-5-15)9-17-12/h3-4,6,8-10H,5,7,15H2,1-2H3,(H,18,20). The Morgan fingerprint density at radius 1 is 1.48 bits per heavy atom. The quantitative estimate of drug-likeness (QED) is 0.835. The van der Waals surface area contributed by atoms with E-state index in [9.17, 15) is 4.79 Å². The highest BCUT2D eigenvalue weighted by molar-refractivity contribution is 6.03. The molecule has 0 aliphatic rings. The fourth-order valence-electron chi connectivity index (χ4n) is 1.74. The van der Waals surface area contributed by atoms with Crippen molar-refractivity contribution in [3.05, 3.63) is 36.5 Å². The Hall–Kier alpha value is -2.41. The van der Waals surface area contributed by atoms with Gasteiger partial charge in [-0.05, 0) is 26.0 Å². The van der Waals surface area contributed by atoms with E-state index < -0.39 is 0 Å². The summed E-state index contributed by atoms with van der Waals surface area (Å²) in [7, 11) is 0. The van der Waals surface area contributed by atoms with Crippen molar-refractivity contribution >= 4 is 11.6 Å². The number of imidazole rings is 1. The first-order chi connectivity index (χ1) is 10.1. The molecule has 7 heteroatoms. The normalized spacial score (nSPS) is 10.7. The molecular weight excluding hydrogens is 270 g/mol. The Kier molecular flexibility index (Phi) is 4.89. The van der Waals surface area contributed by atoms with Crippen LogP contribution < -0.4 is 15.8 Å². The highest BCUT2D eigenvalue weighted by Crippen LogP contribution is 2.22. The fourth-order valence-corrected chi connectivity index (χ4v) is 1.74. The molecule has 3 N–H and O–H groups in total. The molecule has 0 aliphatic carbocycles. The van der Waals surface area contributed by atoms with Crippen LogP contribution >= 0.6 is 0 Å². The molecule has 2 aromatic heterocycles. The number of carbonyl (C=O) groups is 1. The Bertz CT molecular complexity index is 609. The van der Waals surface area contributed by atoms with Gasteiger partial charge in [0.1, 0.15) is 11.4 Å². The lowest BCUT2D eigenvalue weighted by Crippen LogP contribution is -2.15. The lowest BCUT2D eigenvalue weighted by atomic mass is 10.3. The summed E-state index contributed by atoms with van der Waals surface area (Å²) in [6.45, 7) is 4.91. The van der Waals surface area contributed by atoms with Gasteiger partial charge < -0.3 is 20.4 Å². The summed E-state index contributed by atoms with van der Waals surface area (Å²) < 4.78 is 7.33. The second-order valence-corrected chi connectivity index (χ2v) is 4.76. The minimum absolute atomic E-state index is 0.0284. The molecule has 7 nitrogen and oxygen atoms in total. The van der Waals surface area contributed by atoms with Gasteiger partial charge in [-0.2, -0.15) is 0 Å². The molecule has 0 bridgehead atoms. The SMILES string of the molecule is CC(C)Oc1ncccc1NC(=O)c1cn(CCN)cn1. The van der Waals surface area contributed by atoms with Crippen LogP contribution in [0.25, 0.3) is 0 Å². The van der Waals surface area contributed by atoms with Crippen molar-refractivity contribution in [2.45, 2.75) is 26.5 Å². The van der Waals surface area contributed by atoms with Crippen LogP contribution in [-0.4, -0.2) is 33.1 Å². The van der Waals surface area contributed by atoms with Gasteiger partial charge >= 0.3 is 0 Å². The van der Waals surface area contributed by atoms with Crippen LogP contribution in [-0.2, 0) is 6.54 Å². The maximum Gasteiger partial charge on any atom is 0.275 e. The zero-order valence-electron chi connectivity index (χ0n) is 12.1. The summed E-state index contributed by atoms with van der Waals surface area (Å²) in [6, 6.07) is 3.47. The molecule has 112 valence electrons. The predicted molar refractivity (Wildman–Crippen MR) is 79.2 cm³/mol. The number of carbonyl (C=O) groups excluding carboxylic acids is 1. The number of aromatic nitrogens is 3. The maximum atomic E-state index is 12.2. The number of rotatable bonds is 6. The fraction of sp³-hybridized carbons (Fsp3) is 0.357. The van der Waals surface area contributed by atoms with Gasteiger partial charge in [0.25, 0.3) is 5.91 Å². The number of nitrogens with zero attached hydrogens (tertiary/aromatic N) is 3. The average Bonchev–Trinajstić information content (AvgIpc) is 2.89. The smallest absolute Gasteiger partial charge is 0.275 e. The largest absolute Gasteiger partial charge is 0.473 e. The number of anilines is 1. The number of nitrogens with one attached hydrogen (secondary N) is 1. The van der Waals surface area contributed by atoms with Gasteiger partial charge in [-0.3, -0.25) is 4.79 Å². The molecule has 21 heavy (non-hydrogen) atoms. The number of pyridine rings is 1. The Labute approximate surface area is 123 Å². The number of amides is 1. The van der Waals surface area contributed by atoms with Crippen LogP contribution in [0.3, 0.4) is 0 Å². The third kappa shape index (κ3) is 4.03. The van der Waals surface area contributed by atoms with Gasteiger partial charge in [0.05, 0.1) is 12.4 Å². The minimum atomic E-state index is -0.313. The third-order valence-corrected chi connectivity index (χ3v) is 2.62. The molecule has 0 saturated heterocycles. The summed E-state index contributed by atoms with van der Waals surface area (Å²) in [5.41, 5.74) is 6.30. The Morgan fingerprint density at radius 3 is 3.00 bits per heavy atom.